The highest BCUT2D eigenvalue weighted by molar-refractivity contribution is 5.98. The fourth-order valence-electron chi connectivity index (χ4n) is 2.45. The lowest BCUT2D eigenvalue weighted by Gasteiger charge is -2.34. The van der Waals surface area contributed by atoms with E-state index in [1.807, 2.05) is 26.0 Å². The van der Waals surface area contributed by atoms with Gasteiger partial charge in [-0.25, -0.2) is 0 Å². The van der Waals surface area contributed by atoms with E-state index in [2.05, 4.69) is 19.2 Å². The second kappa shape index (κ2) is 6.02. The lowest BCUT2D eigenvalue weighted by Crippen LogP contribution is -2.45. The van der Waals surface area contributed by atoms with Gasteiger partial charge in [0.2, 0.25) is 11.8 Å². The van der Waals surface area contributed by atoms with Gasteiger partial charge in [-0.3, -0.25) is 14.5 Å². The predicted molar refractivity (Wildman–Crippen MR) is 79.3 cm³/mol. The van der Waals surface area contributed by atoms with Crippen molar-refractivity contribution in [2.45, 2.75) is 59.7 Å². The average molecular weight is 292 g/mol. The van der Waals surface area contributed by atoms with Crippen LogP contribution in [0.5, 0.6) is 0 Å². The molecule has 0 atom stereocenters. The van der Waals surface area contributed by atoms with Gasteiger partial charge in [0, 0.05) is 18.9 Å². The molecular weight excluding hydrogens is 268 g/mol. The number of carbonyl (C=O) groups is 2. The lowest BCUT2D eigenvalue weighted by atomic mass is 9.82. The van der Waals surface area contributed by atoms with E-state index >= 15 is 0 Å². The van der Waals surface area contributed by atoms with Gasteiger partial charge in [-0.1, -0.05) is 27.7 Å². The SMILES string of the molecule is CC(C)NCc1ccc(CN2C(=O)CC(C)(C)CC2=O)o1. The van der Waals surface area contributed by atoms with Crippen molar-refractivity contribution in [1.82, 2.24) is 10.2 Å². The zero-order valence-corrected chi connectivity index (χ0v) is 13.2. The highest BCUT2D eigenvalue weighted by atomic mass is 16.3. The third-order valence-electron chi connectivity index (χ3n) is 3.58. The Balaban J connectivity index is 1.98. The summed E-state index contributed by atoms with van der Waals surface area (Å²) in [6.07, 6.45) is 0.808. The van der Waals surface area contributed by atoms with Crippen LogP contribution in [0.2, 0.25) is 0 Å². The van der Waals surface area contributed by atoms with Crippen LogP contribution in [0.3, 0.4) is 0 Å². The van der Waals surface area contributed by atoms with Crippen LogP contribution in [0.1, 0.15) is 52.1 Å². The van der Waals surface area contributed by atoms with Crippen LogP contribution in [0.25, 0.3) is 0 Å². The third kappa shape index (κ3) is 4.17. The van der Waals surface area contributed by atoms with Crippen molar-refractivity contribution in [3.63, 3.8) is 0 Å². The minimum atomic E-state index is -0.236. The average Bonchev–Trinajstić information content (AvgIpc) is 2.78. The fourth-order valence-corrected chi connectivity index (χ4v) is 2.45. The Morgan fingerprint density at radius 2 is 1.76 bits per heavy atom. The molecule has 21 heavy (non-hydrogen) atoms. The Morgan fingerprint density at radius 3 is 2.33 bits per heavy atom. The molecule has 0 radical (unpaired) electrons. The van der Waals surface area contributed by atoms with Crippen LogP contribution < -0.4 is 5.32 Å². The van der Waals surface area contributed by atoms with Crippen molar-refractivity contribution in [2.75, 3.05) is 0 Å². The second-order valence-electron chi connectivity index (χ2n) is 6.80. The molecule has 116 valence electrons. The Kier molecular flexibility index (Phi) is 4.52. The van der Waals surface area contributed by atoms with Gasteiger partial charge in [-0.15, -0.1) is 0 Å². The maximum Gasteiger partial charge on any atom is 0.230 e. The number of hydrogen-bond acceptors (Lipinski definition) is 4. The van der Waals surface area contributed by atoms with E-state index in [0.717, 1.165) is 5.76 Å². The molecule has 5 nitrogen and oxygen atoms in total. The zero-order chi connectivity index (χ0) is 15.6. The summed E-state index contributed by atoms with van der Waals surface area (Å²) in [7, 11) is 0. The third-order valence-corrected chi connectivity index (χ3v) is 3.58. The first-order valence-corrected chi connectivity index (χ1v) is 7.41. The molecule has 1 aromatic rings. The number of hydrogen-bond donors (Lipinski definition) is 1. The highest BCUT2D eigenvalue weighted by Crippen LogP contribution is 2.32. The van der Waals surface area contributed by atoms with E-state index in [1.165, 1.54) is 4.90 Å². The second-order valence-corrected chi connectivity index (χ2v) is 6.80. The maximum atomic E-state index is 12.1. The van der Waals surface area contributed by atoms with Gasteiger partial charge in [-0.2, -0.15) is 0 Å². The molecule has 1 fully saturated rings. The summed E-state index contributed by atoms with van der Waals surface area (Å²) >= 11 is 0. The van der Waals surface area contributed by atoms with Crippen LogP contribution in [0.15, 0.2) is 16.5 Å². The Morgan fingerprint density at radius 1 is 1.19 bits per heavy atom. The van der Waals surface area contributed by atoms with E-state index in [-0.39, 0.29) is 23.8 Å². The van der Waals surface area contributed by atoms with Gasteiger partial charge in [0.05, 0.1) is 13.1 Å². The van der Waals surface area contributed by atoms with Crippen LogP contribution >= 0.6 is 0 Å². The van der Waals surface area contributed by atoms with Crippen molar-refractivity contribution >= 4 is 11.8 Å². The van der Waals surface area contributed by atoms with Gasteiger partial charge >= 0.3 is 0 Å². The van der Waals surface area contributed by atoms with Gasteiger partial charge in [0.15, 0.2) is 0 Å². The summed E-state index contributed by atoms with van der Waals surface area (Å²) < 4.78 is 5.68. The summed E-state index contributed by atoms with van der Waals surface area (Å²) in [5, 5.41) is 3.27. The standard InChI is InChI=1S/C16H24N2O3/c1-11(2)17-9-12-5-6-13(21-12)10-18-14(19)7-16(3,4)8-15(18)20/h5-6,11,17H,7-10H2,1-4H3. The maximum absolute atomic E-state index is 12.1. The van der Waals surface area contributed by atoms with Crippen molar-refractivity contribution < 1.29 is 14.0 Å². The first-order chi connectivity index (χ1) is 9.77. The lowest BCUT2D eigenvalue weighted by molar-refractivity contribution is -0.153. The predicted octanol–water partition coefficient (Wildman–Crippen LogP) is 2.45. The van der Waals surface area contributed by atoms with Gasteiger partial charge < -0.3 is 9.73 Å². The molecule has 2 amide bonds. The molecule has 0 unspecified atom stereocenters. The molecule has 2 rings (SSSR count). The van der Waals surface area contributed by atoms with Crippen molar-refractivity contribution in [3.8, 4) is 0 Å². The van der Waals surface area contributed by atoms with Crippen LogP contribution in [0, 0.1) is 5.41 Å². The molecule has 0 spiro atoms. The number of rotatable bonds is 5. The van der Waals surface area contributed by atoms with Crippen molar-refractivity contribution in [3.05, 3.63) is 23.7 Å². The van der Waals surface area contributed by atoms with E-state index in [0.29, 0.717) is 31.2 Å². The van der Waals surface area contributed by atoms with Crippen molar-refractivity contribution in [1.29, 1.82) is 0 Å². The monoisotopic (exact) mass is 292 g/mol. The van der Waals surface area contributed by atoms with Gasteiger partial charge in [0.25, 0.3) is 0 Å². The minimum Gasteiger partial charge on any atom is -0.463 e. The quantitative estimate of drug-likeness (QED) is 0.847. The van der Waals surface area contributed by atoms with Gasteiger partial charge in [-0.05, 0) is 17.5 Å². The molecule has 1 N–H and O–H groups in total. The van der Waals surface area contributed by atoms with E-state index in [4.69, 9.17) is 4.42 Å². The zero-order valence-electron chi connectivity index (χ0n) is 13.2. The molecule has 0 aliphatic carbocycles. The number of piperidine rings is 1. The first kappa shape index (κ1) is 15.8. The molecule has 1 aliphatic rings. The highest BCUT2D eigenvalue weighted by Gasteiger charge is 2.37. The number of carbonyl (C=O) groups excluding carboxylic acids is 2. The fraction of sp³-hybridized carbons (Fsp3) is 0.625. The number of amides is 2. The normalized spacial score (nSPS) is 18.6. The molecule has 0 saturated carbocycles. The Hall–Kier alpha value is -1.62. The summed E-state index contributed by atoms with van der Waals surface area (Å²) in [5.74, 6) is 1.23. The molecule has 1 saturated heterocycles. The molecule has 0 bridgehead atoms. The van der Waals surface area contributed by atoms with Crippen molar-refractivity contribution in [2.24, 2.45) is 5.41 Å². The van der Waals surface area contributed by atoms with Crippen LogP contribution in [-0.2, 0) is 22.7 Å². The summed E-state index contributed by atoms with van der Waals surface area (Å²) in [6.45, 7) is 8.90. The Bertz CT molecular complexity index is 511. The summed E-state index contributed by atoms with van der Waals surface area (Å²) in [5.41, 5.74) is -0.236. The molecule has 5 heteroatoms. The molecule has 2 heterocycles. The number of nitrogens with zero attached hydrogens (tertiary/aromatic N) is 1. The number of furan rings is 1. The van der Waals surface area contributed by atoms with E-state index in [9.17, 15) is 9.59 Å². The smallest absolute Gasteiger partial charge is 0.230 e. The number of likely N-dealkylation sites (tertiary alicyclic amines) is 1. The molecule has 1 aliphatic heterocycles. The Labute approximate surface area is 125 Å². The van der Waals surface area contributed by atoms with E-state index in [1.54, 1.807) is 0 Å². The summed E-state index contributed by atoms with van der Waals surface area (Å²) in [4.78, 5) is 25.5. The molecular formula is C16H24N2O3. The summed E-state index contributed by atoms with van der Waals surface area (Å²) in [6, 6.07) is 4.09. The molecule has 1 aromatic heterocycles. The number of nitrogens with one attached hydrogen (secondary N) is 1. The largest absolute Gasteiger partial charge is 0.463 e. The van der Waals surface area contributed by atoms with Crippen LogP contribution in [0.4, 0.5) is 0 Å². The van der Waals surface area contributed by atoms with Crippen LogP contribution in [-0.4, -0.2) is 22.8 Å². The topological polar surface area (TPSA) is 62.6 Å². The molecule has 0 aromatic carbocycles. The first-order valence-electron chi connectivity index (χ1n) is 7.41. The van der Waals surface area contributed by atoms with E-state index < -0.39 is 0 Å². The minimum absolute atomic E-state index is 0.116. The van der Waals surface area contributed by atoms with Gasteiger partial charge in [0.1, 0.15) is 11.5 Å². The number of imide groups is 1.